The number of amides is 2. The zero-order valence-corrected chi connectivity index (χ0v) is 21.3. The fraction of sp³-hybridized carbons (Fsp3) is 0.417. The van der Waals surface area contributed by atoms with E-state index >= 15 is 0 Å². The molecule has 2 amide bonds. The fourth-order valence-electron chi connectivity index (χ4n) is 4.80. The molecule has 1 saturated heterocycles. The molecule has 1 fully saturated rings. The highest BCUT2D eigenvalue weighted by molar-refractivity contribution is 7.13. The predicted molar refractivity (Wildman–Crippen MR) is 137 cm³/mol. The largest absolute Gasteiger partial charge is 0.480 e. The van der Waals surface area contributed by atoms with Gasteiger partial charge in [0.2, 0.25) is 0 Å². The van der Waals surface area contributed by atoms with Gasteiger partial charge in [-0.1, -0.05) is 11.6 Å². The van der Waals surface area contributed by atoms with Crippen LogP contribution < -0.4 is 10.6 Å². The first-order valence-corrected chi connectivity index (χ1v) is 13.0. The summed E-state index contributed by atoms with van der Waals surface area (Å²) in [6.45, 7) is 2.33. The molecule has 12 heteroatoms. The summed E-state index contributed by atoms with van der Waals surface area (Å²) in [6, 6.07) is 6.23. The molecule has 2 aromatic heterocycles. The van der Waals surface area contributed by atoms with Crippen molar-refractivity contribution >= 4 is 51.6 Å². The third-order valence-electron chi connectivity index (χ3n) is 6.63. The Labute approximate surface area is 216 Å². The van der Waals surface area contributed by atoms with Gasteiger partial charge < -0.3 is 25.6 Å². The number of aromatic amines is 1. The molecule has 0 unspecified atom stereocenters. The number of carbonyl (C=O) groups is 3. The second-order valence-corrected chi connectivity index (χ2v) is 10.9. The van der Waals surface area contributed by atoms with Gasteiger partial charge >= 0.3 is 5.97 Å². The number of hydrogen-bond acceptors (Lipinski definition) is 7. The van der Waals surface area contributed by atoms with E-state index in [4.69, 9.17) is 11.6 Å². The van der Waals surface area contributed by atoms with E-state index in [0.717, 1.165) is 41.0 Å². The second kappa shape index (κ2) is 10.2. The number of fused-ring (bicyclic) bond motifs is 2. The van der Waals surface area contributed by atoms with Crippen molar-refractivity contribution in [3.8, 4) is 0 Å². The van der Waals surface area contributed by atoms with Crippen LogP contribution in [0.15, 0.2) is 24.3 Å². The number of carboxylic acids is 1. The third kappa shape index (κ3) is 5.39. The lowest BCUT2D eigenvalue weighted by Gasteiger charge is -2.38. The summed E-state index contributed by atoms with van der Waals surface area (Å²) in [5, 5.41) is 17.1. The highest BCUT2D eigenvalue weighted by Crippen LogP contribution is 2.25. The third-order valence-corrected chi connectivity index (χ3v) is 7.95. The molecule has 0 spiro atoms. The molecule has 3 aromatic rings. The van der Waals surface area contributed by atoms with Crippen LogP contribution in [0, 0.1) is 0 Å². The molecule has 1 aromatic carbocycles. The van der Waals surface area contributed by atoms with Gasteiger partial charge in [-0.3, -0.25) is 19.3 Å². The number of likely N-dealkylation sites (tertiary alicyclic amines) is 1. The lowest BCUT2D eigenvalue weighted by molar-refractivity contribution is -0.138. The molecule has 190 valence electrons. The van der Waals surface area contributed by atoms with Crippen molar-refractivity contribution < 1.29 is 19.5 Å². The highest BCUT2D eigenvalue weighted by atomic mass is 35.5. The van der Waals surface area contributed by atoms with E-state index in [1.165, 1.54) is 11.3 Å². The van der Waals surface area contributed by atoms with Crippen molar-refractivity contribution in [3.05, 3.63) is 50.6 Å². The molecule has 4 heterocycles. The summed E-state index contributed by atoms with van der Waals surface area (Å²) in [6.07, 6.45) is 1.30. The predicted octanol–water partition coefficient (Wildman–Crippen LogP) is 1.95. The van der Waals surface area contributed by atoms with E-state index in [-0.39, 0.29) is 24.4 Å². The SMILES string of the molecule is CN1CCc2nc(C(=O)N[C@@H]3CN(CC(=O)O)CC[C@@H]3NC(=O)c3cc4cc(Cl)ccc4[nH]3)sc2C1. The normalized spacial score (nSPS) is 20.7. The van der Waals surface area contributed by atoms with Crippen LogP contribution in [0.2, 0.25) is 5.02 Å². The topological polar surface area (TPSA) is 131 Å². The summed E-state index contributed by atoms with van der Waals surface area (Å²) in [4.78, 5) is 50.2. The number of H-pyrrole nitrogens is 1. The van der Waals surface area contributed by atoms with Crippen LogP contribution in [0.3, 0.4) is 0 Å². The number of piperidine rings is 1. The molecule has 0 saturated carbocycles. The lowest BCUT2D eigenvalue weighted by Crippen LogP contribution is -2.61. The Morgan fingerprint density at radius 1 is 1.19 bits per heavy atom. The smallest absolute Gasteiger partial charge is 0.317 e. The van der Waals surface area contributed by atoms with Crippen LogP contribution in [0.5, 0.6) is 0 Å². The van der Waals surface area contributed by atoms with Crippen molar-refractivity contribution in [2.45, 2.75) is 31.5 Å². The Bertz CT molecular complexity index is 1320. The molecule has 0 bridgehead atoms. The van der Waals surface area contributed by atoms with Gasteiger partial charge in [-0.15, -0.1) is 11.3 Å². The van der Waals surface area contributed by atoms with Crippen LogP contribution in [0.25, 0.3) is 10.9 Å². The minimum Gasteiger partial charge on any atom is -0.480 e. The maximum absolute atomic E-state index is 13.1. The molecule has 36 heavy (non-hydrogen) atoms. The summed E-state index contributed by atoms with van der Waals surface area (Å²) in [5.41, 5.74) is 2.15. The molecule has 10 nitrogen and oxygen atoms in total. The number of carbonyl (C=O) groups excluding carboxylic acids is 2. The van der Waals surface area contributed by atoms with Crippen molar-refractivity contribution in [1.82, 2.24) is 30.4 Å². The summed E-state index contributed by atoms with van der Waals surface area (Å²) >= 11 is 7.45. The molecule has 2 aliphatic rings. The minimum absolute atomic E-state index is 0.131. The molecular formula is C24H27ClN6O4S. The monoisotopic (exact) mass is 530 g/mol. The number of thiazole rings is 1. The first kappa shape index (κ1) is 24.7. The second-order valence-electron chi connectivity index (χ2n) is 9.37. The summed E-state index contributed by atoms with van der Waals surface area (Å²) in [7, 11) is 2.04. The number of benzene rings is 1. The number of hydrogen-bond donors (Lipinski definition) is 4. The van der Waals surface area contributed by atoms with Gasteiger partial charge in [0, 0.05) is 53.4 Å². The van der Waals surface area contributed by atoms with Gasteiger partial charge in [-0.05, 0) is 37.7 Å². The van der Waals surface area contributed by atoms with Crippen LogP contribution in [0.4, 0.5) is 0 Å². The van der Waals surface area contributed by atoms with E-state index in [9.17, 15) is 19.5 Å². The molecule has 2 aliphatic heterocycles. The Hall–Kier alpha value is -2.99. The number of likely N-dealkylation sites (N-methyl/N-ethyl adjacent to an activating group) is 1. The number of aliphatic carboxylic acids is 1. The summed E-state index contributed by atoms with van der Waals surface area (Å²) in [5.74, 6) is -1.54. The van der Waals surface area contributed by atoms with Gasteiger partial charge in [-0.2, -0.15) is 0 Å². The van der Waals surface area contributed by atoms with Gasteiger partial charge in [0.05, 0.1) is 24.3 Å². The Kier molecular flexibility index (Phi) is 6.98. The van der Waals surface area contributed by atoms with Crippen LogP contribution >= 0.6 is 22.9 Å². The Morgan fingerprint density at radius 3 is 2.81 bits per heavy atom. The maximum atomic E-state index is 13.1. The lowest BCUT2D eigenvalue weighted by atomic mass is 9.98. The van der Waals surface area contributed by atoms with Crippen molar-refractivity contribution in [2.75, 3.05) is 33.2 Å². The Balaban J connectivity index is 1.32. The van der Waals surface area contributed by atoms with E-state index in [1.54, 1.807) is 23.1 Å². The molecule has 4 N–H and O–H groups in total. The average Bonchev–Trinajstić information content (AvgIpc) is 3.44. The van der Waals surface area contributed by atoms with E-state index < -0.39 is 12.0 Å². The van der Waals surface area contributed by atoms with Crippen molar-refractivity contribution in [1.29, 1.82) is 0 Å². The first-order chi connectivity index (χ1) is 17.2. The molecule has 0 radical (unpaired) electrons. The number of rotatable bonds is 6. The number of nitrogens with one attached hydrogen (secondary N) is 3. The van der Waals surface area contributed by atoms with Crippen LogP contribution in [-0.4, -0.2) is 88.0 Å². The van der Waals surface area contributed by atoms with Gasteiger partial charge in [0.1, 0.15) is 5.69 Å². The fourth-order valence-corrected chi connectivity index (χ4v) is 6.07. The molecule has 5 rings (SSSR count). The standard InChI is InChI=1S/C24H27ClN6O4S/c1-30-6-4-17-20(11-30)36-24(29-17)23(35)28-19-10-31(12-21(32)33)7-5-16(19)27-22(34)18-9-13-8-14(25)2-3-15(13)26-18/h2-3,8-9,16,19,26H,4-7,10-12H2,1H3,(H,27,34)(H,28,35)(H,32,33)/t16-,19+/m0/s1. The first-order valence-electron chi connectivity index (χ1n) is 11.8. The number of carboxylic acid groups (broad SMARTS) is 1. The van der Waals surface area contributed by atoms with E-state index in [0.29, 0.717) is 35.2 Å². The summed E-state index contributed by atoms with van der Waals surface area (Å²) < 4.78 is 0. The van der Waals surface area contributed by atoms with Gasteiger partial charge in [0.15, 0.2) is 5.01 Å². The van der Waals surface area contributed by atoms with Crippen LogP contribution in [-0.2, 0) is 17.8 Å². The zero-order chi connectivity index (χ0) is 25.4. The molecule has 0 aliphatic carbocycles. The highest BCUT2D eigenvalue weighted by Gasteiger charge is 2.34. The van der Waals surface area contributed by atoms with Gasteiger partial charge in [-0.25, -0.2) is 4.98 Å². The quantitative estimate of drug-likeness (QED) is 0.383. The number of halogens is 1. The van der Waals surface area contributed by atoms with E-state index in [2.05, 4.69) is 25.5 Å². The molecule has 2 atom stereocenters. The van der Waals surface area contributed by atoms with Crippen LogP contribution in [0.1, 0.15) is 37.3 Å². The maximum Gasteiger partial charge on any atom is 0.317 e. The minimum atomic E-state index is -0.934. The zero-order valence-electron chi connectivity index (χ0n) is 19.7. The average molecular weight is 531 g/mol. The van der Waals surface area contributed by atoms with Crippen molar-refractivity contribution in [3.63, 3.8) is 0 Å². The van der Waals surface area contributed by atoms with E-state index in [1.807, 2.05) is 13.1 Å². The Morgan fingerprint density at radius 2 is 2.00 bits per heavy atom. The number of nitrogens with zero attached hydrogens (tertiary/aromatic N) is 3. The molecular weight excluding hydrogens is 504 g/mol. The van der Waals surface area contributed by atoms with Gasteiger partial charge in [0.25, 0.3) is 11.8 Å². The number of aromatic nitrogens is 2. The van der Waals surface area contributed by atoms with Crippen molar-refractivity contribution in [2.24, 2.45) is 0 Å².